The number of hydrogen-bond donors (Lipinski definition) is 0. The Labute approximate surface area is 105 Å². The van der Waals surface area contributed by atoms with Crippen LogP contribution in [0.5, 0.6) is 0 Å². The molecule has 0 radical (unpaired) electrons. The van der Waals surface area contributed by atoms with Gasteiger partial charge in [0.15, 0.2) is 0 Å². The normalized spacial score (nSPS) is 9.71. The Morgan fingerprint density at radius 3 is 2.53 bits per heavy atom. The number of hydrogen-bond acceptors (Lipinski definition) is 1. The van der Waals surface area contributed by atoms with Crippen molar-refractivity contribution in [3.05, 3.63) is 35.9 Å². The molecular formula is C16H22O. The molecule has 0 heterocycles. The van der Waals surface area contributed by atoms with Crippen LogP contribution in [-0.2, 0) is 11.3 Å². The van der Waals surface area contributed by atoms with Crippen molar-refractivity contribution in [3.63, 3.8) is 0 Å². The maximum atomic E-state index is 5.54. The van der Waals surface area contributed by atoms with Crippen LogP contribution in [0.15, 0.2) is 30.3 Å². The molecule has 0 unspecified atom stereocenters. The van der Waals surface area contributed by atoms with E-state index < -0.39 is 0 Å². The van der Waals surface area contributed by atoms with Crippen LogP contribution in [0, 0.1) is 11.8 Å². The highest BCUT2D eigenvalue weighted by atomic mass is 16.5. The van der Waals surface area contributed by atoms with E-state index in [-0.39, 0.29) is 0 Å². The van der Waals surface area contributed by atoms with Gasteiger partial charge in [-0.3, -0.25) is 0 Å². The van der Waals surface area contributed by atoms with E-state index in [1.54, 1.807) is 0 Å². The summed E-state index contributed by atoms with van der Waals surface area (Å²) in [4.78, 5) is 0. The van der Waals surface area contributed by atoms with Crippen molar-refractivity contribution in [3.8, 4) is 11.8 Å². The molecule has 1 rings (SSSR count). The summed E-state index contributed by atoms with van der Waals surface area (Å²) in [5.74, 6) is 6.34. The van der Waals surface area contributed by atoms with Crippen LogP contribution in [0.1, 0.15) is 44.6 Å². The molecule has 17 heavy (non-hydrogen) atoms. The fourth-order valence-corrected chi connectivity index (χ4v) is 1.53. The number of benzene rings is 1. The predicted molar refractivity (Wildman–Crippen MR) is 72.6 cm³/mol. The maximum Gasteiger partial charge on any atom is 0.0717 e. The van der Waals surface area contributed by atoms with Crippen LogP contribution in [0.4, 0.5) is 0 Å². The lowest BCUT2D eigenvalue weighted by Gasteiger charge is -2.01. The Morgan fingerprint density at radius 1 is 1.00 bits per heavy atom. The lowest BCUT2D eigenvalue weighted by atomic mass is 10.2. The van der Waals surface area contributed by atoms with E-state index in [9.17, 15) is 0 Å². The summed E-state index contributed by atoms with van der Waals surface area (Å²) in [6, 6.07) is 10.2. The van der Waals surface area contributed by atoms with Crippen LogP contribution in [0.25, 0.3) is 0 Å². The Kier molecular flexibility index (Phi) is 8.06. The molecule has 0 aliphatic rings. The van der Waals surface area contributed by atoms with Gasteiger partial charge in [0, 0.05) is 12.8 Å². The highest BCUT2D eigenvalue weighted by Crippen LogP contribution is 2.00. The molecule has 0 bridgehead atoms. The van der Waals surface area contributed by atoms with Crippen LogP contribution in [0.3, 0.4) is 0 Å². The molecule has 1 heteroatoms. The monoisotopic (exact) mass is 230 g/mol. The Bertz CT molecular complexity index is 332. The third-order valence-electron chi connectivity index (χ3n) is 2.51. The molecule has 0 atom stereocenters. The van der Waals surface area contributed by atoms with E-state index in [1.165, 1.54) is 24.8 Å². The van der Waals surface area contributed by atoms with Gasteiger partial charge in [-0.05, 0) is 12.0 Å². The molecule has 0 saturated heterocycles. The summed E-state index contributed by atoms with van der Waals surface area (Å²) < 4.78 is 5.54. The molecule has 1 aromatic rings. The van der Waals surface area contributed by atoms with E-state index >= 15 is 0 Å². The number of unbranched alkanes of at least 4 members (excludes halogenated alkanes) is 3. The van der Waals surface area contributed by atoms with Crippen molar-refractivity contribution < 1.29 is 4.74 Å². The van der Waals surface area contributed by atoms with Crippen LogP contribution < -0.4 is 0 Å². The van der Waals surface area contributed by atoms with Crippen LogP contribution >= 0.6 is 0 Å². The molecule has 0 aliphatic heterocycles. The molecule has 0 saturated carbocycles. The second-order valence-electron chi connectivity index (χ2n) is 4.10. The molecule has 1 nitrogen and oxygen atoms in total. The summed E-state index contributed by atoms with van der Waals surface area (Å²) in [7, 11) is 0. The molecule has 92 valence electrons. The van der Waals surface area contributed by atoms with E-state index in [2.05, 4.69) is 30.9 Å². The summed E-state index contributed by atoms with van der Waals surface area (Å²) in [5.41, 5.74) is 1.23. The Morgan fingerprint density at radius 2 is 1.76 bits per heavy atom. The first-order chi connectivity index (χ1) is 8.43. The summed E-state index contributed by atoms with van der Waals surface area (Å²) in [6.45, 7) is 3.64. The number of ether oxygens (including phenoxy) is 1. The minimum absolute atomic E-state index is 0.693. The summed E-state index contributed by atoms with van der Waals surface area (Å²) in [6.07, 6.45) is 5.67. The lowest BCUT2D eigenvalue weighted by Crippen LogP contribution is -1.93. The fourth-order valence-electron chi connectivity index (χ4n) is 1.53. The van der Waals surface area contributed by atoms with Gasteiger partial charge in [0.2, 0.25) is 0 Å². The molecule has 0 fully saturated rings. The van der Waals surface area contributed by atoms with E-state index in [0.717, 1.165) is 19.4 Å². The number of rotatable bonds is 7. The van der Waals surface area contributed by atoms with Gasteiger partial charge in [0.25, 0.3) is 0 Å². The standard InChI is InChI=1S/C16H22O/c1-2-3-4-5-6-7-11-14-17-15-16-12-9-8-10-13-16/h8-10,12-13H,2-5,11,14-15H2,1H3. The van der Waals surface area contributed by atoms with Crippen molar-refractivity contribution in [2.75, 3.05) is 6.61 Å². The third-order valence-corrected chi connectivity index (χ3v) is 2.51. The van der Waals surface area contributed by atoms with E-state index in [0.29, 0.717) is 6.61 Å². The van der Waals surface area contributed by atoms with Crippen molar-refractivity contribution in [2.45, 2.75) is 45.6 Å². The average Bonchev–Trinajstić information content (AvgIpc) is 2.38. The van der Waals surface area contributed by atoms with E-state index in [1.807, 2.05) is 18.2 Å². The first-order valence-corrected chi connectivity index (χ1v) is 6.51. The van der Waals surface area contributed by atoms with Crippen LogP contribution in [0.2, 0.25) is 0 Å². The lowest BCUT2D eigenvalue weighted by molar-refractivity contribution is 0.126. The Balaban J connectivity index is 1.97. The van der Waals surface area contributed by atoms with Crippen molar-refractivity contribution in [2.24, 2.45) is 0 Å². The highest BCUT2D eigenvalue weighted by Gasteiger charge is 1.89. The second kappa shape index (κ2) is 9.93. The minimum atomic E-state index is 0.693. The van der Waals surface area contributed by atoms with Crippen molar-refractivity contribution in [1.82, 2.24) is 0 Å². The van der Waals surface area contributed by atoms with Crippen molar-refractivity contribution in [1.29, 1.82) is 0 Å². The van der Waals surface area contributed by atoms with Crippen molar-refractivity contribution >= 4 is 0 Å². The van der Waals surface area contributed by atoms with Gasteiger partial charge in [0.05, 0.1) is 13.2 Å². The van der Waals surface area contributed by atoms with Gasteiger partial charge in [-0.1, -0.05) is 50.1 Å². The topological polar surface area (TPSA) is 9.23 Å². The fraction of sp³-hybridized carbons (Fsp3) is 0.500. The first-order valence-electron chi connectivity index (χ1n) is 6.51. The quantitative estimate of drug-likeness (QED) is 0.504. The Hall–Kier alpha value is -1.26. The average molecular weight is 230 g/mol. The third kappa shape index (κ3) is 7.60. The smallest absolute Gasteiger partial charge is 0.0717 e. The first kappa shape index (κ1) is 13.8. The molecule has 0 aromatic heterocycles. The van der Waals surface area contributed by atoms with Gasteiger partial charge < -0.3 is 4.74 Å². The summed E-state index contributed by atoms with van der Waals surface area (Å²) >= 11 is 0. The molecule has 0 amide bonds. The molecule has 0 spiro atoms. The summed E-state index contributed by atoms with van der Waals surface area (Å²) in [5, 5.41) is 0. The zero-order chi connectivity index (χ0) is 12.2. The maximum absolute atomic E-state index is 5.54. The molecular weight excluding hydrogens is 208 g/mol. The molecule has 1 aromatic carbocycles. The van der Waals surface area contributed by atoms with Gasteiger partial charge in [0.1, 0.15) is 0 Å². The van der Waals surface area contributed by atoms with Gasteiger partial charge in [-0.15, -0.1) is 11.8 Å². The predicted octanol–water partition coefficient (Wildman–Crippen LogP) is 4.18. The SMILES string of the molecule is CCCCCC#CCCOCc1ccccc1. The van der Waals surface area contributed by atoms with Crippen LogP contribution in [-0.4, -0.2) is 6.61 Å². The van der Waals surface area contributed by atoms with E-state index in [4.69, 9.17) is 4.74 Å². The van der Waals surface area contributed by atoms with Gasteiger partial charge in [-0.2, -0.15) is 0 Å². The second-order valence-corrected chi connectivity index (χ2v) is 4.10. The van der Waals surface area contributed by atoms with Gasteiger partial charge >= 0.3 is 0 Å². The zero-order valence-corrected chi connectivity index (χ0v) is 10.7. The zero-order valence-electron chi connectivity index (χ0n) is 10.7. The minimum Gasteiger partial charge on any atom is -0.376 e. The van der Waals surface area contributed by atoms with Gasteiger partial charge in [-0.25, -0.2) is 0 Å². The largest absolute Gasteiger partial charge is 0.376 e. The molecule has 0 aliphatic carbocycles. The molecule has 0 N–H and O–H groups in total. The highest BCUT2D eigenvalue weighted by molar-refractivity contribution is 5.13.